The third-order valence-electron chi connectivity index (χ3n) is 3.18. The number of carbonyl (C=O) groups is 1. The summed E-state index contributed by atoms with van der Waals surface area (Å²) >= 11 is 12.1. The molecule has 2 aromatic heterocycles. The molecular weight excluding hydrogens is 311 g/mol. The maximum absolute atomic E-state index is 11.9. The maximum Gasteiger partial charge on any atom is 0.340 e. The maximum atomic E-state index is 11.9. The lowest BCUT2D eigenvalue weighted by Gasteiger charge is -2.06. The lowest BCUT2D eigenvalue weighted by Crippen LogP contribution is -1.99. The summed E-state index contributed by atoms with van der Waals surface area (Å²) in [6.45, 7) is 0. The van der Waals surface area contributed by atoms with E-state index < -0.39 is 5.97 Å². The van der Waals surface area contributed by atoms with Gasteiger partial charge in [0.15, 0.2) is 5.15 Å². The fourth-order valence-electron chi connectivity index (χ4n) is 2.22. The molecule has 2 heterocycles. The van der Waals surface area contributed by atoms with Crippen molar-refractivity contribution >= 4 is 40.1 Å². The van der Waals surface area contributed by atoms with Gasteiger partial charge < -0.3 is 9.30 Å². The van der Waals surface area contributed by atoms with E-state index in [0.717, 1.165) is 5.69 Å². The highest BCUT2D eigenvalue weighted by Crippen LogP contribution is 2.30. The lowest BCUT2D eigenvalue weighted by molar-refractivity contribution is 0.0603. The van der Waals surface area contributed by atoms with Crippen LogP contribution in [0.2, 0.25) is 10.2 Å². The number of rotatable bonds is 2. The van der Waals surface area contributed by atoms with E-state index in [-0.39, 0.29) is 0 Å². The number of nitrogens with zero attached hydrogens (tertiary/aromatic N) is 2. The first-order valence-corrected chi connectivity index (χ1v) is 6.87. The van der Waals surface area contributed by atoms with Crippen LogP contribution < -0.4 is 0 Å². The highest BCUT2D eigenvalue weighted by molar-refractivity contribution is 6.34. The normalized spacial score (nSPS) is 10.8. The van der Waals surface area contributed by atoms with Crippen LogP contribution in [0.1, 0.15) is 10.4 Å². The molecule has 3 aromatic rings. The van der Waals surface area contributed by atoms with Crippen LogP contribution in [0.4, 0.5) is 0 Å². The molecule has 0 N–H and O–H groups in total. The van der Waals surface area contributed by atoms with Crippen molar-refractivity contribution in [2.75, 3.05) is 7.11 Å². The smallest absolute Gasteiger partial charge is 0.340 e. The van der Waals surface area contributed by atoms with Crippen molar-refractivity contribution in [3.05, 3.63) is 58.5 Å². The van der Waals surface area contributed by atoms with Gasteiger partial charge in [-0.15, -0.1) is 0 Å². The zero-order chi connectivity index (χ0) is 15.0. The van der Waals surface area contributed by atoms with Gasteiger partial charge in [0.25, 0.3) is 0 Å². The summed E-state index contributed by atoms with van der Waals surface area (Å²) in [5, 5.41) is 1.64. The number of esters is 1. The average molecular weight is 321 g/mol. The number of benzene rings is 1. The Morgan fingerprint density at radius 2 is 1.90 bits per heavy atom. The van der Waals surface area contributed by atoms with Gasteiger partial charge in [-0.05, 0) is 30.3 Å². The minimum Gasteiger partial charge on any atom is -0.465 e. The Labute approximate surface area is 130 Å². The molecule has 0 saturated carbocycles. The standard InChI is InChI=1S/C15H10Cl2N2O2/c1-21-15(20)12-8-19(10-4-2-9(16)3-5-10)13-11(12)6-7-18-14(13)17/h2-8H,1H3. The Bertz CT molecular complexity index is 826. The van der Waals surface area contributed by atoms with Crippen molar-refractivity contribution in [2.24, 2.45) is 0 Å². The fraction of sp³-hybridized carbons (Fsp3) is 0.0667. The lowest BCUT2D eigenvalue weighted by atomic mass is 10.2. The van der Waals surface area contributed by atoms with Crippen molar-refractivity contribution in [1.82, 2.24) is 9.55 Å². The van der Waals surface area contributed by atoms with E-state index >= 15 is 0 Å². The number of ether oxygens (including phenoxy) is 1. The molecule has 0 amide bonds. The van der Waals surface area contributed by atoms with E-state index in [9.17, 15) is 4.79 Å². The van der Waals surface area contributed by atoms with Crippen LogP contribution in [0, 0.1) is 0 Å². The summed E-state index contributed by atoms with van der Waals surface area (Å²) in [5.41, 5.74) is 1.92. The molecule has 21 heavy (non-hydrogen) atoms. The van der Waals surface area contributed by atoms with Gasteiger partial charge in [0, 0.05) is 28.5 Å². The number of hydrogen-bond donors (Lipinski definition) is 0. The van der Waals surface area contributed by atoms with Crippen molar-refractivity contribution in [2.45, 2.75) is 0 Å². The number of carbonyl (C=O) groups excluding carboxylic acids is 1. The molecule has 0 aliphatic carbocycles. The molecule has 0 atom stereocenters. The number of methoxy groups -OCH3 is 1. The van der Waals surface area contributed by atoms with Crippen LogP contribution in [0.15, 0.2) is 42.7 Å². The summed E-state index contributed by atoms with van der Waals surface area (Å²) in [6, 6.07) is 8.95. The predicted octanol–water partition coefficient (Wildman–Crippen LogP) is 4.12. The van der Waals surface area contributed by atoms with Crippen molar-refractivity contribution < 1.29 is 9.53 Å². The van der Waals surface area contributed by atoms with Crippen LogP contribution in [0.3, 0.4) is 0 Å². The first-order chi connectivity index (χ1) is 10.1. The molecule has 1 aromatic carbocycles. The van der Waals surface area contributed by atoms with E-state index in [4.69, 9.17) is 27.9 Å². The topological polar surface area (TPSA) is 44.1 Å². The van der Waals surface area contributed by atoms with Gasteiger partial charge in [-0.2, -0.15) is 0 Å². The Morgan fingerprint density at radius 3 is 2.57 bits per heavy atom. The minimum absolute atomic E-state index is 0.317. The number of halogens is 2. The molecular formula is C15H10Cl2N2O2. The zero-order valence-electron chi connectivity index (χ0n) is 11.0. The number of hydrogen-bond acceptors (Lipinski definition) is 3. The molecule has 3 rings (SSSR count). The second-order valence-corrected chi connectivity index (χ2v) is 5.17. The predicted molar refractivity (Wildman–Crippen MR) is 82.4 cm³/mol. The molecule has 0 aliphatic rings. The Balaban J connectivity index is 2.32. The van der Waals surface area contributed by atoms with Gasteiger partial charge >= 0.3 is 5.97 Å². The molecule has 0 aliphatic heterocycles. The van der Waals surface area contributed by atoms with Crippen molar-refractivity contribution in [3.63, 3.8) is 0 Å². The molecule has 0 fully saturated rings. The molecule has 0 unspecified atom stereocenters. The van der Waals surface area contributed by atoms with Gasteiger partial charge in [0.2, 0.25) is 0 Å². The number of aromatic nitrogens is 2. The van der Waals surface area contributed by atoms with Gasteiger partial charge in [0.05, 0.1) is 18.2 Å². The SMILES string of the molecule is COC(=O)c1cn(-c2ccc(Cl)cc2)c2c(Cl)nccc12. The zero-order valence-corrected chi connectivity index (χ0v) is 12.5. The van der Waals surface area contributed by atoms with Crippen LogP contribution in [-0.4, -0.2) is 22.6 Å². The molecule has 106 valence electrons. The quantitative estimate of drug-likeness (QED) is 0.527. The fourth-order valence-corrected chi connectivity index (χ4v) is 2.59. The largest absolute Gasteiger partial charge is 0.465 e. The number of fused-ring (bicyclic) bond motifs is 1. The molecule has 6 heteroatoms. The van der Waals surface area contributed by atoms with Crippen LogP contribution in [-0.2, 0) is 4.74 Å². The molecule has 0 spiro atoms. The molecule has 4 nitrogen and oxygen atoms in total. The third-order valence-corrected chi connectivity index (χ3v) is 3.71. The van der Waals surface area contributed by atoms with Gasteiger partial charge in [-0.3, -0.25) is 0 Å². The summed E-state index contributed by atoms with van der Waals surface area (Å²) < 4.78 is 6.61. The van der Waals surface area contributed by atoms with Crippen LogP contribution in [0.25, 0.3) is 16.6 Å². The van der Waals surface area contributed by atoms with E-state index in [2.05, 4.69) is 4.98 Å². The van der Waals surface area contributed by atoms with Crippen LogP contribution in [0.5, 0.6) is 0 Å². The van der Waals surface area contributed by atoms with E-state index in [1.54, 1.807) is 35.2 Å². The van der Waals surface area contributed by atoms with Gasteiger partial charge in [0.1, 0.15) is 0 Å². The second kappa shape index (κ2) is 5.39. The van der Waals surface area contributed by atoms with Gasteiger partial charge in [-0.25, -0.2) is 9.78 Å². The van der Waals surface area contributed by atoms with Crippen molar-refractivity contribution in [1.29, 1.82) is 0 Å². The first-order valence-electron chi connectivity index (χ1n) is 6.11. The molecule has 0 bridgehead atoms. The van der Waals surface area contributed by atoms with E-state index in [1.165, 1.54) is 7.11 Å². The number of pyridine rings is 1. The average Bonchev–Trinajstić information content (AvgIpc) is 2.88. The summed E-state index contributed by atoms with van der Waals surface area (Å²) in [4.78, 5) is 16.0. The monoisotopic (exact) mass is 320 g/mol. The Kier molecular flexibility index (Phi) is 3.57. The third kappa shape index (κ3) is 2.37. The molecule has 0 saturated heterocycles. The molecule has 0 radical (unpaired) electrons. The highest BCUT2D eigenvalue weighted by Gasteiger charge is 2.18. The minimum atomic E-state index is -0.421. The second-order valence-electron chi connectivity index (χ2n) is 4.38. The highest BCUT2D eigenvalue weighted by atomic mass is 35.5. The Hall–Kier alpha value is -2.04. The summed E-state index contributed by atoms with van der Waals surface area (Å²) in [5.74, 6) is -0.421. The van der Waals surface area contributed by atoms with Crippen LogP contribution >= 0.6 is 23.2 Å². The van der Waals surface area contributed by atoms with Gasteiger partial charge in [-0.1, -0.05) is 23.2 Å². The summed E-state index contributed by atoms with van der Waals surface area (Å²) in [6.07, 6.45) is 3.25. The summed E-state index contributed by atoms with van der Waals surface area (Å²) in [7, 11) is 1.34. The first kappa shape index (κ1) is 13.9. The van der Waals surface area contributed by atoms with E-state index in [1.807, 2.05) is 12.1 Å². The van der Waals surface area contributed by atoms with E-state index in [0.29, 0.717) is 26.6 Å². The Morgan fingerprint density at radius 1 is 1.19 bits per heavy atom. The van der Waals surface area contributed by atoms with Crippen molar-refractivity contribution in [3.8, 4) is 5.69 Å².